The molecule has 0 saturated heterocycles. The standard InChI is InChI=1S/C15H15N3O2S2/c1-9-7-11(18-20-9)8-16-14(19)10(2)21-15-17-12-5-3-4-6-13(12)22-15/h3-7,10H,8H2,1-2H3,(H,16,19)/t10-/m0/s1. The molecule has 3 aromatic rings. The van der Waals surface area contributed by atoms with Gasteiger partial charge in [-0.25, -0.2) is 4.98 Å². The molecule has 1 amide bonds. The molecule has 5 nitrogen and oxygen atoms in total. The number of rotatable bonds is 5. The summed E-state index contributed by atoms with van der Waals surface area (Å²) >= 11 is 3.07. The van der Waals surface area contributed by atoms with Crippen molar-refractivity contribution in [2.24, 2.45) is 0 Å². The minimum absolute atomic E-state index is 0.0371. The molecule has 1 N–H and O–H groups in total. The third-order valence-electron chi connectivity index (χ3n) is 3.04. The number of fused-ring (bicyclic) bond motifs is 1. The zero-order chi connectivity index (χ0) is 15.5. The lowest BCUT2D eigenvalue weighted by Crippen LogP contribution is -2.30. The Morgan fingerprint density at radius 3 is 3.00 bits per heavy atom. The van der Waals surface area contributed by atoms with Crippen molar-refractivity contribution in [2.45, 2.75) is 30.0 Å². The Morgan fingerprint density at radius 2 is 2.27 bits per heavy atom. The van der Waals surface area contributed by atoms with E-state index in [0.717, 1.165) is 26.0 Å². The molecule has 7 heteroatoms. The molecule has 22 heavy (non-hydrogen) atoms. The van der Waals surface area contributed by atoms with Crippen molar-refractivity contribution in [3.05, 3.63) is 41.8 Å². The zero-order valence-corrected chi connectivity index (χ0v) is 13.8. The van der Waals surface area contributed by atoms with Crippen LogP contribution in [0.4, 0.5) is 0 Å². The quantitative estimate of drug-likeness (QED) is 0.725. The lowest BCUT2D eigenvalue weighted by molar-refractivity contribution is -0.120. The molecule has 2 aromatic heterocycles. The maximum atomic E-state index is 12.1. The third kappa shape index (κ3) is 3.48. The summed E-state index contributed by atoms with van der Waals surface area (Å²) in [7, 11) is 0. The van der Waals surface area contributed by atoms with E-state index in [1.54, 1.807) is 11.3 Å². The van der Waals surface area contributed by atoms with Gasteiger partial charge >= 0.3 is 0 Å². The Kier molecular flexibility index (Phi) is 4.44. The fourth-order valence-electron chi connectivity index (χ4n) is 1.93. The number of hydrogen-bond acceptors (Lipinski definition) is 6. The van der Waals surface area contributed by atoms with Crippen molar-refractivity contribution in [3.63, 3.8) is 0 Å². The van der Waals surface area contributed by atoms with Gasteiger partial charge in [0.05, 0.1) is 22.0 Å². The molecular weight excluding hydrogens is 318 g/mol. The lowest BCUT2D eigenvalue weighted by atomic mass is 10.3. The van der Waals surface area contributed by atoms with Crippen LogP contribution in [-0.2, 0) is 11.3 Å². The number of benzene rings is 1. The number of aromatic nitrogens is 2. The highest BCUT2D eigenvalue weighted by Crippen LogP contribution is 2.31. The third-order valence-corrected chi connectivity index (χ3v) is 5.27. The molecule has 0 unspecified atom stereocenters. The van der Waals surface area contributed by atoms with Crippen LogP contribution in [0.25, 0.3) is 10.2 Å². The number of nitrogens with one attached hydrogen (secondary N) is 1. The van der Waals surface area contributed by atoms with E-state index in [0.29, 0.717) is 6.54 Å². The summed E-state index contributed by atoms with van der Waals surface area (Å²) in [6.07, 6.45) is 0. The first-order valence-electron chi connectivity index (χ1n) is 6.84. The maximum Gasteiger partial charge on any atom is 0.233 e. The summed E-state index contributed by atoms with van der Waals surface area (Å²) in [6, 6.07) is 9.78. The molecule has 0 spiro atoms. The minimum Gasteiger partial charge on any atom is -0.361 e. The van der Waals surface area contributed by atoms with E-state index in [1.165, 1.54) is 11.8 Å². The van der Waals surface area contributed by atoms with Crippen LogP contribution in [0.2, 0.25) is 0 Å². The number of aryl methyl sites for hydroxylation is 1. The van der Waals surface area contributed by atoms with Crippen LogP contribution < -0.4 is 5.32 Å². The van der Waals surface area contributed by atoms with E-state index in [4.69, 9.17) is 4.52 Å². The van der Waals surface area contributed by atoms with Gasteiger partial charge in [-0.1, -0.05) is 29.1 Å². The topological polar surface area (TPSA) is 68.0 Å². The summed E-state index contributed by atoms with van der Waals surface area (Å²) in [5.41, 5.74) is 1.70. The summed E-state index contributed by atoms with van der Waals surface area (Å²) in [5, 5.41) is 6.50. The van der Waals surface area contributed by atoms with Crippen molar-refractivity contribution < 1.29 is 9.32 Å². The number of nitrogens with zero attached hydrogens (tertiary/aromatic N) is 2. The molecule has 114 valence electrons. The van der Waals surface area contributed by atoms with E-state index in [1.807, 2.05) is 44.2 Å². The van der Waals surface area contributed by atoms with Crippen molar-refractivity contribution in [3.8, 4) is 0 Å². The molecule has 0 radical (unpaired) electrons. The molecule has 0 saturated carbocycles. The Labute approximate surface area is 136 Å². The average Bonchev–Trinajstić information content (AvgIpc) is 3.09. The highest BCUT2D eigenvalue weighted by Gasteiger charge is 2.17. The van der Waals surface area contributed by atoms with Gasteiger partial charge in [0.25, 0.3) is 0 Å². The normalized spacial score (nSPS) is 12.5. The van der Waals surface area contributed by atoms with E-state index in [2.05, 4.69) is 15.5 Å². The summed E-state index contributed by atoms with van der Waals surface area (Å²) in [5.74, 6) is 0.700. The fourth-order valence-corrected chi connectivity index (χ4v) is 4.16. The molecule has 0 aliphatic heterocycles. The van der Waals surface area contributed by atoms with Gasteiger partial charge in [-0.3, -0.25) is 4.79 Å². The van der Waals surface area contributed by atoms with Crippen molar-refractivity contribution in [1.29, 1.82) is 0 Å². The first kappa shape index (κ1) is 15.1. The zero-order valence-electron chi connectivity index (χ0n) is 12.2. The number of thioether (sulfide) groups is 1. The van der Waals surface area contributed by atoms with Gasteiger partial charge < -0.3 is 9.84 Å². The number of carbonyl (C=O) groups excluding carboxylic acids is 1. The van der Waals surface area contributed by atoms with Gasteiger partial charge in [0.2, 0.25) is 5.91 Å². The van der Waals surface area contributed by atoms with Gasteiger partial charge in [0.15, 0.2) is 4.34 Å². The Balaban J connectivity index is 1.58. The van der Waals surface area contributed by atoms with Gasteiger partial charge in [0.1, 0.15) is 11.5 Å². The predicted octanol–water partition coefficient (Wildman–Crippen LogP) is 3.39. The maximum absolute atomic E-state index is 12.1. The number of para-hydroxylation sites is 1. The van der Waals surface area contributed by atoms with Gasteiger partial charge in [-0.15, -0.1) is 11.3 Å². The van der Waals surface area contributed by atoms with Crippen molar-refractivity contribution in [2.75, 3.05) is 0 Å². The second-order valence-corrected chi connectivity index (χ2v) is 7.47. The molecule has 0 bridgehead atoms. The molecule has 1 aromatic carbocycles. The van der Waals surface area contributed by atoms with Gasteiger partial charge in [0, 0.05) is 6.07 Å². The van der Waals surface area contributed by atoms with E-state index >= 15 is 0 Å². The minimum atomic E-state index is -0.214. The molecule has 0 aliphatic rings. The summed E-state index contributed by atoms with van der Waals surface area (Å²) in [4.78, 5) is 16.7. The lowest BCUT2D eigenvalue weighted by Gasteiger charge is -2.08. The molecule has 1 atom stereocenters. The number of carbonyl (C=O) groups is 1. The van der Waals surface area contributed by atoms with E-state index in [-0.39, 0.29) is 11.2 Å². The summed E-state index contributed by atoms with van der Waals surface area (Å²) in [6.45, 7) is 4.07. The monoisotopic (exact) mass is 333 g/mol. The number of hydrogen-bond donors (Lipinski definition) is 1. The first-order chi connectivity index (χ1) is 10.6. The highest BCUT2D eigenvalue weighted by molar-refractivity contribution is 8.02. The number of thiazole rings is 1. The van der Waals surface area contributed by atoms with Crippen LogP contribution in [0.1, 0.15) is 18.4 Å². The summed E-state index contributed by atoms with van der Waals surface area (Å²) < 4.78 is 7.01. The fraction of sp³-hybridized carbons (Fsp3) is 0.267. The van der Waals surface area contributed by atoms with Crippen LogP contribution >= 0.6 is 23.1 Å². The van der Waals surface area contributed by atoms with Crippen LogP contribution in [0.15, 0.2) is 39.2 Å². The van der Waals surface area contributed by atoms with Crippen LogP contribution in [0.5, 0.6) is 0 Å². The Morgan fingerprint density at radius 1 is 1.45 bits per heavy atom. The molecular formula is C15H15N3O2S2. The highest BCUT2D eigenvalue weighted by atomic mass is 32.2. The second-order valence-electron chi connectivity index (χ2n) is 4.85. The van der Waals surface area contributed by atoms with E-state index < -0.39 is 0 Å². The van der Waals surface area contributed by atoms with Crippen molar-refractivity contribution in [1.82, 2.24) is 15.5 Å². The first-order valence-corrected chi connectivity index (χ1v) is 8.53. The van der Waals surface area contributed by atoms with Gasteiger partial charge in [-0.05, 0) is 26.0 Å². The van der Waals surface area contributed by atoms with Crippen molar-refractivity contribution >= 4 is 39.2 Å². The second kappa shape index (κ2) is 6.50. The SMILES string of the molecule is Cc1cc(CNC(=O)[C@H](C)Sc2nc3ccccc3s2)no1. The van der Waals surface area contributed by atoms with E-state index in [9.17, 15) is 4.79 Å². The van der Waals surface area contributed by atoms with Gasteiger partial charge in [-0.2, -0.15) is 0 Å². The van der Waals surface area contributed by atoms with Crippen LogP contribution in [0.3, 0.4) is 0 Å². The molecule has 0 fully saturated rings. The Bertz CT molecular complexity index is 764. The smallest absolute Gasteiger partial charge is 0.233 e. The molecule has 0 aliphatic carbocycles. The predicted molar refractivity (Wildman–Crippen MR) is 88.0 cm³/mol. The number of amides is 1. The van der Waals surface area contributed by atoms with Crippen LogP contribution in [0, 0.1) is 6.92 Å². The van der Waals surface area contributed by atoms with Crippen LogP contribution in [-0.4, -0.2) is 21.3 Å². The molecule has 3 rings (SSSR count). The average molecular weight is 333 g/mol. The largest absolute Gasteiger partial charge is 0.361 e. The Hall–Kier alpha value is -1.86. The molecule has 2 heterocycles.